The van der Waals surface area contributed by atoms with Crippen LogP contribution in [-0.4, -0.2) is 10.2 Å². The van der Waals surface area contributed by atoms with Crippen LogP contribution in [0.15, 0.2) is 15.9 Å². The molecule has 2 aromatic heterocycles. The fraction of sp³-hybridized carbons (Fsp3) is 0.400. The third-order valence-corrected chi connectivity index (χ3v) is 3.79. The molecule has 0 amide bonds. The standard InChI is InChI=1S/C10H12N4OS/c11-9-13-14-10(15-9)12-7-2-1-3-8-6(7)4-5-16-8/h4-5,7H,1-3H2,(H2,11,13)(H,12,14). The molecule has 0 aromatic carbocycles. The first-order valence-corrected chi connectivity index (χ1v) is 6.12. The molecule has 3 N–H and O–H groups in total. The van der Waals surface area contributed by atoms with Crippen LogP contribution in [0.3, 0.4) is 0 Å². The summed E-state index contributed by atoms with van der Waals surface area (Å²) in [5.74, 6) is 0. The lowest BCUT2D eigenvalue weighted by Gasteiger charge is -2.22. The van der Waals surface area contributed by atoms with Gasteiger partial charge in [-0.25, -0.2) is 0 Å². The fourth-order valence-corrected chi connectivity index (χ4v) is 3.07. The van der Waals surface area contributed by atoms with Gasteiger partial charge in [-0.3, -0.25) is 0 Å². The van der Waals surface area contributed by atoms with E-state index in [1.807, 2.05) is 11.3 Å². The summed E-state index contributed by atoms with van der Waals surface area (Å²) < 4.78 is 5.13. The zero-order chi connectivity index (χ0) is 11.0. The first-order chi connectivity index (χ1) is 7.83. The Bertz CT molecular complexity index is 492. The van der Waals surface area contributed by atoms with Crippen molar-refractivity contribution in [3.05, 3.63) is 21.9 Å². The minimum Gasteiger partial charge on any atom is -0.390 e. The summed E-state index contributed by atoms with van der Waals surface area (Å²) in [5, 5.41) is 12.8. The van der Waals surface area contributed by atoms with Gasteiger partial charge >= 0.3 is 12.0 Å². The lowest BCUT2D eigenvalue weighted by Crippen LogP contribution is -2.15. The van der Waals surface area contributed by atoms with Gasteiger partial charge in [-0.2, -0.15) is 0 Å². The third-order valence-electron chi connectivity index (χ3n) is 2.79. The molecule has 1 unspecified atom stereocenters. The number of anilines is 2. The van der Waals surface area contributed by atoms with Gasteiger partial charge in [-0.15, -0.1) is 11.3 Å². The van der Waals surface area contributed by atoms with Crippen molar-refractivity contribution < 1.29 is 4.42 Å². The Morgan fingerprint density at radius 2 is 2.44 bits per heavy atom. The predicted octanol–water partition coefficient (Wildman–Crippen LogP) is 2.20. The molecule has 0 bridgehead atoms. The second-order valence-corrected chi connectivity index (χ2v) is 4.83. The van der Waals surface area contributed by atoms with Crippen LogP contribution < -0.4 is 11.1 Å². The molecule has 5 nitrogen and oxygen atoms in total. The Kier molecular flexibility index (Phi) is 2.28. The highest BCUT2D eigenvalue weighted by Gasteiger charge is 2.22. The molecular weight excluding hydrogens is 224 g/mol. The van der Waals surface area contributed by atoms with Gasteiger partial charge in [0.2, 0.25) is 0 Å². The summed E-state index contributed by atoms with van der Waals surface area (Å²) in [7, 11) is 0. The summed E-state index contributed by atoms with van der Waals surface area (Å²) in [5.41, 5.74) is 6.73. The van der Waals surface area contributed by atoms with Gasteiger partial charge in [0, 0.05) is 4.88 Å². The second kappa shape index (κ2) is 3.79. The highest BCUT2D eigenvalue weighted by molar-refractivity contribution is 7.10. The Morgan fingerprint density at radius 1 is 1.50 bits per heavy atom. The Morgan fingerprint density at radius 3 is 3.25 bits per heavy atom. The SMILES string of the molecule is Nc1nnc(NC2CCCc3sccc32)o1. The molecule has 2 heterocycles. The van der Waals surface area contributed by atoms with E-state index >= 15 is 0 Å². The molecule has 2 aromatic rings. The van der Waals surface area contributed by atoms with Crippen LogP contribution in [0.1, 0.15) is 29.3 Å². The van der Waals surface area contributed by atoms with Crippen molar-refractivity contribution >= 4 is 23.4 Å². The minimum absolute atomic E-state index is 0.101. The molecule has 0 saturated heterocycles. The maximum Gasteiger partial charge on any atom is 0.317 e. The smallest absolute Gasteiger partial charge is 0.317 e. The van der Waals surface area contributed by atoms with E-state index in [1.165, 1.54) is 23.3 Å². The van der Waals surface area contributed by atoms with Gasteiger partial charge < -0.3 is 15.5 Å². The zero-order valence-corrected chi connectivity index (χ0v) is 9.46. The van der Waals surface area contributed by atoms with Crippen molar-refractivity contribution in [2.75, 3.05) is 11.1 Å². The number of nitrogens with zero attached hydrogens (tertiary/aromatic N) is 2. The van der Waals surface area contributed by atoms with Gasteiger partial charge in [-0.05, 0) is 36.3 Å². The highest BCUT2D eigenvalue weighted by atomic mass is 32.1. The van der Waals surface area contributed by atoms with Crippen LogP contribution in [0.25, 0.3) is 0 Å². The molecule has 0 radical (unpaired) electrons. The number of aromatic nitrogens is 2. The van der Waals surface area contributed by atoms with E-state index in [0.717, 1.165) is 6.42 Å². The molecule has 1 aliphatic rings. The van der Waals surface area contributed by atoms with Crippen LogP contribution in [0.2, 0.25) is 0 Å². The maximum absolute atomic E-state index is 5.38. The summed E-state index contributed by atoms with van der Waals surface area (Å²) in [6.45, 7) is 0. The summed E-state index contributed by atoms with van der Waals surface area (Å²) >= 11 is 1.81. The van der Waals surface area contributed by atoms with Crippen molar-refractivity contribution in [2.24, 2.45) is 0 Å². The molecule has 1 aliphatic carbocycles. The molecule has 84 valence electrons. The third kappa shape index (κ3) is 1.65. The lowest BCUT2D eigenvalue weighted by atomic mass is 9.94. The van der Waals surface area contributed by atoms with E-state index in [1.54, 1.807) is 0 Å². The van der Waals surface area contributed by atoms with Crippen LogP contribution in [0, 0.1) is 0 Å². The van der Waals surface area contributed by atoms with E-state index in [0.29, 0.717) is 6.01 Å². The molecule has 6 heteroatoms. The first kappa shape index (κ1) is 9.65. The van der Waals surface area contributed by atoms with E-state index in [-0.39, 0.29) is 12.1 Å². The van der Waals surface area contributed by atoms with Crippen LogP contribution in [0.4, 0.5) is 12.0 Å². The summed E-state index contributed by atoms with van der Waals surface area (Å²) in [6.07, 6.45) is 3.46. The molecule has 0 spiro atoms. The van der Waals surface area contributed by atoms with Crippen molar-refractivity contribution in [2.45, 2.75) is 25.3 Å². The first-order valence-electron chi connectivity index (χ1n) is 5.25. The van der Waals surface area contributed by atoms with Gasteiger partial charge in [0.05, 0.1) is 6.04 Å². The van der Waals surface area contributed by atoms with Gasteiger partial charge in [0.1, 0.15) is 0 Å². The van der Waals surface area contributed by atoms with E-state index in [4.69, 9.17) is 10.2 Å². The van der Waals surface area contributed by atoms with Crippen LogP contribution in [0.5, 0.6) is 0 Å². The molecule has 1 atom stereocenters. The molecule has 0 aliphatic heterocycles. The van der Waals surface area contributed by atoms with Crippen LogP contribution >= 0.6 is 11.3 Å². The largest absolute Gasteiger partial charge is 0.390 e. The van der Waals surface area contributed by atoms with E-state index < -0.39 is 0 Å². The predicted molar refractivity (Wildman–Crippen MR) is 62.3 cm³/mol. The molecular formula is C10H12N4OS. The average molecular weight is 236 g/mol. The van der Waals surface area contributed by atoms with Gasteiger partial charge in [0.15, 0.2) is 0 Å². The van der Waals surface area contributed by atoms with Crippen LogP contribution in [-0.2, 0) is 6.42 Å². The molecule has 3 rings (SSSR count). The normalized spacial score (nSPS) is 19.4. The number of thiophene rings is 1. The van der Waals surface area contributed by atoms with Crippen molar-refractivity contribution in [1.82, 2.24) is 10.2 Å². The van der Waals surface area contributed by atoms with Gasteiger partial charge in [0.25, 0.3) is 0 Å². The topological polar surface area (TPSA) is 77.0 Å². The number of rotatable bonds is 2. The highest BCUT2D eigenvalue weighted by Crippen LogP contribution is 2.35. The molecule has 0 fully saturated rings. The quantitative estimate of drug-likeness (QED) is 0.835. The maximum atomic E-state index is 5.38. The molecule has 0 saturated carbocycles. The van der Waals surface area contributed by atoms with Crippen molar-refractivity contribution in [3.63, 3.8) is 0 Å². The Balaban J connectivity index is 1.82. The fourth-order valence-electron chi connectivity index (χ4n) is 2.08. The van der Waals surface area contributed by atoms with Crippen molar-refractivity contribution in [1.29, 1.82) is 0 Å². The number of hydrogen-bond acceptors (Lipinski definition) is 6. The summed E-state index contributed by atoms with van der Waals surface area (Å²) in [4.78, 5) is 1.45. The Hall–Kier alpha value is -1.56. The number of nitrogens with two attached hydrogens (primary N) is 1. The number of fused-ring (bicyclic) bond motifs is 1. The molecule has 16 heavy (non-hydrogen) atoms. The second-order valence-electron chi connectivity index (χ2n) is 3.83. The monoisotopic (exact) mass is 236 g/mol. The number of nitrogens with one attached hydrogen (secondary N) is 1. The van der Waals surface area contributed by atoms with Crippen molar-refractivity contribution in [3.8, 4) is 0 Å². The number of nitrogen functional groups attached to an aromatic ring is 1. The minimum atomic E-state index is 0.101. The Labute approximate surface area is 96.7 Å². The van der Waals surface area contributed by atoms with Gasteiger partial charge in [-0.1, -0.05) is 10.2 Å². The van der Waals surface area contributed by atoms with E-state index in [9.17, 15) is 0 Å². The zero-order valence-electron chi connectivity index (χ0n) is 8.64. The van der Waals surface area contributed by atoms with E-state index in [2.05, 4.69) is 27.0 Å². The lowest BCUT2D eigenvalue weighted by molar-refractivity contribution is 0.547. The summed E-state index contributed by atoms with van der Waals surface area (Å²) in [6, 6.07) is 2.94. The number of hydrogen-bond donors (Lipinski definition) is 2. The average Bonchev–Trinajstić information content (AvgIpc) is 2.87. The number of aryl methyl sites for hydroxylation is 1.